The summed E-state index contributed by atoms with van der Waals surface area (Å²) < 4.78 is 16.5. The topological polar surface area (TPSA) is 34.0 Å². The van der Waals surface area contributed by atoms with E-state index in [1.54, 1.807) is 12.1 Å². The van der Waals surface area contributed by atoms with Gasteiger partial charge >= 0.3 is 0 Å². The highest BCUT2D eigenvalue weighted by Gasteiger charge is 2.16. The first-order valence-electron chi connectivity index (χ1n) is 6.02. The fraction of sp³-hybridized carbons (Fsp3) is 0.214. The van der Waals surface area contributed by atoms with Crippen LogP contribution in [0.5, 0.6) is 0 Å². The van der Waals surface area contributed by atoms with Crippen LogP contribution >= 0.6 is 38.5 Å². The number of anilines is 1. The molecule has 0 bridgehead atoms. The van der Waals surface area contributed by atoms with E-state index in [-0.39, 0.29) is 17.8 Å². The molecular formula is C14H13BrFIN2O. The van der Waals surface area contributed by atoms with E-state index >= 15 is 0 Å². The lowest BCUT2D eigenvalue weighted by atomic mass is 10.3. The average Bonchev–Trinajstić information content (AvgIpc) is 2.75. The van der Waals surface area contributed by atoms with E-state index in [1.807, 2.05) is 47.2 Å². The van der Waals surface area contributed by atoms with Gasteiger partial charge in [-0.1, -0.05) is 0 Å². The third-order valence-electron chi connectivity index (χ3n) is 2.78. The smallest absolute Gasteiger partial charge is 0.272 e. The van der Waals surface area contributed by atoms with Gasteiger partial charge in [0.25, 0.3) is 5.91 Å². The van der Waals surface area contributed by atoms with Crippen LogP contribution < -0.4 is 5.32 Å². The standard InChI is InChI=1S/C14H13BrFIN2O/c1-8(2)19-7-9(15)5-13(19)14(20)18-12-4-3-10(16)6-11(12)17/h3-8H,1-2H3,(H,18,20). The molecule has 0 aliphatic rings. The van der Waals surface area contributed by atoms with Crippen molar-refractivity contribution in [1.29, 1.82) is 0 Å². The summed E-state index contributed by atoms with van der Waals surface area (Å²) in [5.41, 5.74) is 1.16. The largest absolute Gasteiger partial charge is 0.340 e. The van der Waals surface area contributed by atoms with Crippen LogP contribution in [0.15, 0.2) is 34.9 Å². The van der Waals surface area contributed by atoms with Gasteiger partial charge in [-0.05, 0) is 76.6 Å². The van der Waals surface area contributed by atoms with Gasteiger partial charge in [-0.2, -0.15) is 0 Å². The molecule has 0 saturated heterocycles. The highest BCUT2D eigenvalue weighted by Crippen LogP contribution is 2.23. The Kier molecular flexibility index (Phi) is 4.85. The molecule has 0 radical (unpaired) electrons. The van der Waals surface area contributed by atoms with Gasteiger partial charge in [-0.3, -0.25) is 4.79 Å². The molecule has 6 heteroatoms. The fourth-order valence-electron chi connectivity index (χ4n) is 1.83. The maximum absolute atomic E-state index is 13.1. The summed E-state index contributed by atoms with van der Waals surface area (Å²) in [7, 11) is 0. The zero-order valence-electron chi connectivity index (χ0n) is 11.0. The number of nitrogens with one attached hydrogen (secondary N) is 1. The molecule has 1 heterocycles. The van der Waals surface area contributed by atoms with Crippen molar-refractivity contribution in [3.63, 3.8) is 0 Å². The summed E-state index contributed by atoms with van der Waals surface area (Å²) >= 11 is 5.37. The first-order valence-corrected chi connectivity index (χ1v) is 7.89. The quantitative estimate of drug-likeness (QED) is 0.668. The zero-order chi connectivity index (χ0) is 14.9. The summed E-state index contributed by atoms with van der Waals surface area (Å²) in [6, 6.07) is 6.22. The van der Waals surface area contributed by atoms with E-state index in [0.717, 1.165) is 4.47 Å². The number of aromatic nitrogens is 1. The molecule has 1 N–H and O–H groups in total. The Hall–Kier alpha value is -0.890. The van der Waals surface area contributed by atoms with Crippen LogP contribution in [0.4, 0.5) is 10.1 Å². The second kappa shape index (κ2) is 6.26. The molecule has 0 atom stereocenters. The number of rotatable bonds is 3. The minimum absolute atomic E-state index is 0.175. The summed E-state index contributed by atoms with van der Waals surface area (Å²) in [6.45, 7) is 4.01. The fourth-order valence-corrected chi connectivity index (χ4v) is 2.88. The minimum atomic E-state index is -0.319. The molecule has 106 valence electrons. The monoisotopic (exact) mass is 450 g/mol. The lowest BCUT2D eigenvalue weighted by Gasteiger charge is -2.13. The van der Waals surface area contributed by atoms with Crippen LogP contribution in [0.1, 0.15) is 30.4 Å². The number of carbonyl (C=O) groups is 1. The lowest BCUT2D eigenvalue weighted by molar-refractivity contribution is 0.101. The molecule has 2 aromatic rings. The highest BCUT2D eigenvalue weighted by molar-refractivity contribution is 14.1. The normalized spacial score (nSPS) is 10.9. The van der Waals surface area contributed by atoms with E-state index in [1.165, 1.54) is 12.1 Å². The molecule has 0 spiro atoms. The Labute approximate surface area is 138 Å². The summed E-state index contributed by atoms with van der Waals surface area (Å²) in [5.74, 6) is -0.533. The van der Waals surface area contributed by atoms with Gasteiger partial charge in [0.1, 0.15) is 11.5 Å². The Balaban J connectivity index is 2.28. The van der Waals surface area contributed by atoms with Crippen LogP contribution in [0, 0.1) is 9.39 Å². The van der Waals surface area contributed by atoms with Crippen LogP contribution in [0.2, 0.25) is 0 Å². The second-order valence-electron chi connectivity index (χ2n) is 4.62. The zero-order valence-corrected chi connectivity index (χ0v) is 14.7. The lowest BCUT2D eigenvalue weighted by Crippen LogP contribution is -2.18. The highest BCUT2D eigenvalue weighted by atomic mass is 127. The Morgan fingerprint density at radius 1 is 1.40 bits per heavy atom. The summed E-state index contributed by atoms with van der Waals surface area (Å²) in [6.07, 6.45) is 1.87. The summed E-state index contributed by atoms with van der Waals surface area (Å²) in [5, 5.41) is 2.81. The van der Waals surface area contributed by atoms with Crippen LogP contribution in [-0.2, 0) is 0 Å². The van der Waals surface area contributed by atoms with Crippen molar-refractivity contribution in [2.24, 2.45) is 0 Å². The molecule has 1 amide bonds. The first kappa shape index (κ1) is 15.5. The number of carbonyl (C=O) groups excluding carboxylic acids is 1. The number of amides is 1. The first-order chi connectivity index (χ1) is 9.38. The number of benzene rings is 1. The second-order valence-corrected chi connectivity index (χ2v) is 6.70. The van der Waals surface area contributed by atoms with Crippen molar-refractivity contribution < 1.29 is 9.18 Å². The van der Waals surface area contributed by atoms with E-state index in [9.17, 15) is 9.18 Å². The maximum atomic E-state index is 13.1. The van der Waals surface area contributed by atoms with E-state index < -0.39 is 0 Å². The molecule has 1 aromatic carbocycles. The number of hydrogen-bond donors (Lipinski definition) is 1. The minimum Gasteiger partial charge on any atom is -0.340 e. The van der Waals surface area contributed by atoms with Crippen LogP contribution in [-0.4, -0.2) is 10.5 Å². The van der Waals surface area contributed by atoms with Crippen LogP contribution in [0.3, 0.4) is 0 Å². The van der Waals surface area contributed by atoms with Crippen molar-refractivity contribution in [1.82, 2.24) is 4.57 Å². The predicted molar refractivity (Wildman–Crippen MR) is 89.6 cm³/mol. The molecule has 0 unspecified atom stereocenters. The van der Waals surface area contributed by atoms with E-state index in [0.29, 0.717) is 15.0 Å². The Bertz CT molecular complexity index is 655. The third-order valence-corrected chi connectivity index (χ3v) is 4.11. The van der Waals surface area contributed by atoms with Gasteiger partial charge < -0.3 is 9.88 Å². The maximum Gasteiger partial charge on any atom is 0.272 e. The van der Waals surface area contributed by atoms with Gasteiger partial charge in [0.2, 0.25) is 0 Å². The van der Waals surface area contributed by atoms with Crippen molar-refractivity contribution in [2.75, 3.05) is 5.32 Å². The molecule has 0 aliphatic carbocycles. The predicted octanol–water partition coefficient (Wildman–Crippen LogP) is 4.83. The molecule has 2 rings (SSSR count). The molecule has 20 heavy (non-hydrogen) atoms. The van der Waals surface area contributed by atoms with Gasteiger partial charge in [-0.15, -0.1) is 0 Å². The number of nitrogens with zero attached hydrogens (tertiary/aromatic N) is 1. The molecule has 0 fully saturated rings. The molecule has 0 saturated carbocycles. The molecule has 1 aromatic heterocycles. The average molecular weight is 451 g/mol. The SMILES string of the molecule is CC(C)n1cc(Br)cc1C(=O)Nc1ccc(F)cc1I. The Morgan fingerprint density at radius 2 is 2.10 bits per heavy atom. The van der Waals surface area contributed by atoms with Crippen molar-refractivity contribution in [3.05, 3.63) is 50.0 Å². The van der Waals surface area contributed by atoms with Gasteiger partial charge in [0, 0.05) is 20.3 Å². The van der Waals surface area contributed by atoms with Crippen molar-refractivity contribution in [2.45, 2.75) is 19.9 Å². The van der Waals surface area contributed by atoms with Crippen molar-refractivity contribution >= 4 is 50.1 Å². The van der Waals surface area contributed by atoms with E-state index in [2.05, 4.69) is 21.2 Å². The van der Waals surface area contributed by atoms with Gasteiger partial charge in [0.05, 0.1) is 5.69 Å². The third kappa shape index (κ3) is 3.41. The van der Waals surface area contributed by atoms with E-state index in [4.69, 9.17) is 0 Å². The molecule has 3 nitrogen and oxygen atoms in total. The molecular weight excluding hydrogens is 438 g/mol. The number of halogens is 3. The van der Waals surface area contributed by atoms with Crippen molar-refractivity contribution in [3.8, 4) is 0 Å². The summed E-state index contributed by atoms with van der Waals surface area (Å²) in [4.78, 5) is 12.3. The van der Waals surface area contributed by atoms with Gasteiger partial charge in [0.15, 0.2) is 0 Å². The number of hydrogen-bond acceptors (Lipinski definition) is 1. The van der Waals surface area contributed by atoms with Crippen LogP contribution in [0.25, 0.3) is 0 Å². The molecule has 0 aliphatic heterocycles. The van der Waals surface area contributed by atoms with Gasteiger partial charge in [-0.25, -0.2) is 4.39 Å². The Morgan fingerprint density at radius 3 is 2.70 bits per heavy atom.